The van der Waals surface area contributed by atoms with Crippen LogP contribution in [0.3, 0.4) is 0 Å². The van der Waals surface area contributed by atoms with Crippen molar-refractivity contribution in [3.8, 4) is 0 Å². The number of aromatic nitrogens is 1. The third kappa shape index (κ3) is 2.77. The molecule has 15 heavy (non-hydrogen) atoms. The number of amides is 1. The van der Waals surface area contributed by atoms with Gasteiger partial charge in [-0.05, 0) is 13.0 Å². The zero-order chi connectivity index (χ0) is 11.4. The van der Waals surface area contributed by atoms with E-state index in [1.165, 1.54) is 36.9 Å². The molecule has 0 unspecified atom stereocenters. The molecular formula is C10H12N2O3. The molecule has 1 aromatic heterocycles. The molecule has 0 fully saturated rings. The van der Waals surface area contributed by atoms with Crippen LogP contribution in [0.5, 0.6) is 0 Å². The molecule has 1 heterocycles. The van der Waals surface area contributed by atoms with Crippen LogP contribution >= 0.6 is 0 Å². The highest BCUT2D eigenvalue weighted by Gasteiger charge is 2.05. The maximum atomic E-state index is 11.3. The molecule has 0 bridgehead atoms. The summed E-state index contributed by atoms with van der Waals surface area (Å²) in [7, 11) is 1.49. The number of pyridine rings is 1. The van der Waals surface area contributed by atoms with E-state index in [0.29, 0.717) is 5.56 Å². The number of ketones is 1. The topological polar surface area (TPSA) is 68.2 Å². The van der Waals surface area contributed by atoms with E-state index in [1.807, 2.05) is 0 Å². The van der Waals surface area contributed by atoms with Gasteiger partial charge in [0.25, 0.3) is 5.56 Å². The van der Waals surface area contributed by atoms with Crippen LogP contribution in [0.15, 0.2) is 23.1 Å². The molecule has 1 aromatic rings. The summed E-state index contributed by atoms with van der Waals surface area (Å²) in [6.07, 6.45) is 1.39. The standard InChI is InChI=1S/C10H12N2O3/c1-7(13)8-3-4-10(15)12(5-8)6-9(14)11-2/h3-5H,6H2,1-2H3,(H,11,14). The molecule has 0 spiro atoms. The van der Waals surface area contributed by atoms with Crippen LogP contribution in [0, 0.1) is 0 Å². The lowest BCUT2D eigenvalue weighted by atomic mass is 10.2. The molecule has 0 saturated carbocycles. The van der Waals surface area contributed by atoms with Crippen LogP contribution in [0.1, 0.15) is 17.3 Å². The molecule has 0 aliphatic heterocycles. The molecule has 0 aliphatic carbocycles. The molecule has 0 saturated heterocycles. The lowest BCUT2D eigenvalue weighted by molar-refractivity contribution is -0.121. The minimum Gasteiger partial charge on any atom is -0.358 e. The fraction of sp³-hybridized carbons (Fsp3) is 0.300. The van der Waals surface area contributed by atoms with Crippen molar-refractivity contribution in [1.29, 1.82) is 0 Å². The van der Waals surface area contributed by atoms with Gasteiger partial charge in [-0.3, -0.25) is 14.4 Å². The molecular weight excluding hydrogens is 196 g/mol. The first-order chi connectivity index (χ1) is 7.04. The molecule has 5 heteroatoms. The largest absolute Gasteiger partial charge is 0.358 e. The Labute approximate surface area is 86.7 Å². The second kappa shape index (κ2) is 4.54. The second-order valence-electron chi connectivity index (χ2n) is 3.11. The van der Waals surface area contributed by atoms with Gasteiger partial charge in [-0.25, -0.2) is 0 Å². The summed E-state index contributed by atoms with van der Waals surface area (Å²) < 4.78 is 1.20. The van der Waals surface area contributed by atoms with Crippen molar-refractivity contribution >= 4 is 11.7 Å². The predicted molar refractivity (Wildman–Crippen MR) is 54.8 cm³/mol. The van der Waals surface area contributed by atoms with Crippen molar-refractivity contribution in [2.45, 2.75) is 13.5 Å². The van der Waals surface area contributed by atoms with Crippen LogP contribution < -0.4 is 10.9 Å². The number of rotatable bonds is 3. The number of carbonyl (C=O) groups excluding carboxylic acids is 2. The van der Waals surface area contributed by atoms with Crippen LogP contribution in [0.2, 0.25) is 0 Å². The maximum Gasteiger partial charge on any atom is 0.251 e. The summed E-state index contributed by atoms with van der Waals surface area (Å²) in [6.45, 7) is 1.33. The second-order valence-corrected chi connectivity index (χ2v) is 3.11. The van der Waals surface area contributed by atoms with Gasteiger partial charge in [-0.1, -0.05) is 0 Å². The number of nitrogens with zero attached hydrogens (tertiary/aromatic N) is 1. The molecule has 80 valence electrons. The van der Waals surface area contributed by atoms with Crippen LogP contribution in [0.4, 0.5) is 0 Å². The van der Waals surface area contributed by atoms with Gasteiger partial charge in [-0.15, -0.1) is 0 Å². The summed E-state index contributed by atoms with van der Waals surface area (Å²) in [5.41, 5.74) is 0.113. The van der Waals surface area contributed by atoms with E-state index in [0.717, 1.165) is 0 Å². The highest BCUT2D eigenvalue weighted by atomic mass is 16.2. The van der Waals surface area contributed by atoms with Gasteiger partial charge >= 0.3 is 0 Å². The lowest BCUT2D eigenvalue weighted by Gasteiger charge is -2.05. The molecule has 0 radical (unpaired) electrons. The summed E-state index contributed by atoms with van der Waals surface area (Å²) in [4.78, 5) is 33.4. The smallest absolute Gasteiger partial charge is 0.251 e. The Morgan fingerprint density at radius 1 is 1.40 bits per heavy atom. The number of nitrogens with one attached hydrogen (secondary N) is 1. The number of Topliss-reactive ketones (excluding diaryl/α,β-unsaturated/α-hetero) is 1. The van der Waals surface area contributed by atoms with E-state index >= 15 is 0 Å². The number of likely N-dealkylation sites (N-methyl/N-ethyl adjacent to an activating group) is 1. The van der Waals surface area contributed by atoms with Gasteiger partial charge in [-0.2, -0.15) is 0 Å². The van der Waals surface area contributed by atoms with Gasteiger partial charge in [0.05, 0.1) is 0 Å². The van der Waals surface area contributed by atoms with Crippen LogP contribution in [-0.4, -0.2) is 23.3 Å². The quantitative estimate of drug-likeness (QED) is 0.699. The summed E-state index contributed by atoms with van der Waals surface area (Å²) in [5.74, 6) is -0.418. The Balaban J connectivity index is 3.06. The van der Waals surface area contributed by atoms with Crippen LogP contribution in [0.25, 0.3) is 0 Å². The Morgan fingerprint density at radius 2 is 2.07 bits per heavy atom. The zero-order valence-corrected chi connectivity index (χ0v) is 8.61. The summed E-state index contributed by atoms with van der Waals surface area (Å²) >= 11 is 0. The van der Waals surface area contributed by atoms with Crippen molar-refractivity contribution in [2.24, 2.45) is 0 Å². The minimum absolute atomic E-state index is 0.0730. The van der Waals surface area contributed by atoms with E-state index in [1.54, 1.807) is 0 Å². The van der Waals surface area contributed by atoms with E-state index in [-0.39, 0.29) is 23.8 Å². The van der Waals surface area contributed by atoms with E-state index in [4.69, 9.17) is 0 Å². The van der Waals surface area contributed by atoms with Gasteiger partial charge in [0, 0.05) is 24.9 Å². The first-order valence-corrected chi connectivity index (χ1v) is 4.46. The lowest BCUT2D eigenvalue weighted by Crippen LogP contribution is -2.29. The molecule has 1 rings (SSSR count). The Kier molecular flexibility index (Phi) is 3.38. The van der Waals surface area contributed by atoms with Crippen LogP contribution in [-0.2, 0) is 11.3 Å². The first-order valence-electron chi connectivity index (χ1n) is 4.46. The average molecular weight is 208 g/mol. The fourth-order valence-electron chi connectivity index (χ4n) is 1.10. The third-order valence-corrected chi connectivity index (χ3v) is 1.98. The molecule has 0 aromatic carbocycles. The Bertz CT molecular complexity index is 448. The normalized spacial score (nSPS) is 9.73. The van der Waals surface area contributed by atoms with E-state index in [2.05, 4.69) is 5.32 Å². The van der Waals surface area contributed by atoms with Crippen molar-refractivity contribution in [3.05, 3.63) is 34.2 Å². The van der Waals surface area contributed by atoms with Crippen molar-refractivity contribution in [3.63, 3.8) is 0 Å². The molecule has 5 nitrogen and oxygen atoms in total. The van der Waals surface area contributed by atoms with Gasteiger partial charge in [0.1, 0.15) is 6.54 Å². The van der Waals surface area contributed by atoms with Gasteiger partial charge in [0.2, 0.25) is 5.91 Å². The van der Waals surface area contributed by atoms with Crippen molar-refractivity contribution < 1.29 is 9.59 Å². The number of hydrogen-bond acceptors (Lipinski definition) is 3. The monoisotopic (exact) mass is 208 g/mol. The first kappa shape index (κ1) is 11.2. The molecule has 0 atom stereocenters. The highest BCUT2D eigenvalue weighted by molar-refractivity contribution is 5.93. The number of hydrogen-bond donors (Lipinski definition) is 1. The number of carbonyl (C=O) groups is 2. The van der Waals surface area contributed by atoms with E-state index in [9.17, 15) is 14.4 Å². The summed E-state index contributed by atoms with van der Waals surface area (Å²) in [5, 5.41) is 2.41. The Hall–Kier alpha value is -1.91. The maximum absolute atomic E-state index is 11.3. The fourth-order valence-corrected chi connectivity index (χ4v) is 1.10. The van der Waals surface area contributed by atoms with Gasteiger partial charge in [0.15, 0.2) is 5.78 Å². The van der Waals surface area contributed by atoms with Crippen molar-refractivity contribution in [2.75, 3.05) is 7.05 Å². The van der Waals surface area contributed by atoms with Crippen molar-refractivity contribution in [1.82, 2.24) is 9.88 Å². The minimum atomic E-state index is -0.302. The average Bonchev–Trinajstić information content (AvgIpc) is 2.20. The summed E-state index contributed by atoms with van der Waals surface area (Å²) in [6, 6.07) is 2.73. The Morgan fingerprint density at radius 3 is 2.60 bits per heavy atom. The molecule has 1 amide bonds. The predicted octanol–water partition coefficient (Wildman–Crippen LogP) is -0.203. The van der Waals surface area contributed by atoms with Gasteiger partial charge < -0.3 is 9.88 Å². The molecule has 0 aliphatic rings. The van der Waals surface area contributed by atoms with E-state index < -0.39 is 0 Å². The zero-order valence-electron chi connectivity index (χ0n) is 8.61. The SMILES string of the molecule is CNC(=O)Cn1cc(C(C)=O)ccc1=O. The third-order valence-electron chi connectivity index (χ3n) is 1.98. The molecule has 1 N–H and O–H groups in total. The highest BCUT2D eigenvalue weighted by Crippen LogP contribution is 1.96.